The number of carbonyl (C=O) groups is 2. The van der Waals surface area contributed by atoms with Gasteiger partial charge in [0.2, 0.25) is 0 Å². The molecular weight excluding hydrogens is 350 g/mol. The van der Waals surface area contributed by atoms with E-state index in [4.69, 9.17) is 4.74 Å². The number of carboxylic acids is 1. The Bertz CT molecular complexity index is 832. The van der Waals surface area contributed by atoms with Crippen molar-refractivity contribution in [3.63, 3.8) is 0 Å². The van der Waals surface area contributed by atoms with Gasteiger partial charge in [-0.15, -0.1) is 11.3 Å². The van der Waals surface area contributed by atoms with Gasteiger partial charge in [-0.05, 0) is 48.6 Å². The Morgan fingerprint density at radius 2 is 2.08 bits per heavy atom. The van der Waals surface area contributed by atoms with Gasteiger partial charge in [-0.25, -0.2) is 4.79 Å². The van der Waals surface area contributed by atoms with Crippen LogP contribution in [0.2, 0.25) is 0 Å². The highest BCUT2D eigenvalue weighted by molar-refractivity contribution is 7.17. The van der Waals surface area contributed by atoms with Gasteiger partial charge in [0.15, 0.2) is 0 Å². The number of rotatable bonds is 6. The predicted octanol–water partition coefficient (Wildman–Crippen LogP) is 4.65. The minimum atomic E-state index is -0.939. The monoisotopic (exact) mass is 371 g/mol. The maximum absolute atomic E-state index is 12.1. The van der Waals surface area contributed by atoms with Crippen molar-refractivity contribution in [1.29, 1.82) is 0 Å². The highest BCUT2D eigenvalue weighted by atomic mass is 32.1. The van der Waals surface area contributed by atoms with E-state index in [0.29, 0.717) is 29.2 Å². The first-order chi connectivity index (χ1) is 12.5. The van der Waals surface area contributed by atoms with Crippen molar-refractivity contribution < 1.29 is 19.4 Å². The Morgan fingerprint density at radius 1 is 1.35 bits per heavy atom. The summed E-state index contributed by atoms with van der Waals surface area (Å²) in [6.45, 7) is 6.55. The summed E-state index contributed by atoms with van der Waals surface area (Å²) in [6, 6.07) is 9.26. The van der Waals surface area contributed by atoms with Crippen molar-refractivity contribution in [2.24, 2.45) is 0 Å². The fourth-order valence-corrected chi connectivity index (χ4v) is 3.92. The molecule has 1 saturated heterocycles. The molecule has 0 bridgehead atoms. The molecule has 1 amide bonds. The van der Waals surface area contributed by atoms with Gasteiger partial charge in [0.1, 0.15) is 11.0 Å². The Morgan fingerprint density at radius 3 is 2.65 bits per heavy atom. The summed E-state index contributed by atoms with van der Waals surface area (Å²) in [5, 5.41) is 12.3. The van der Waals surface area contributed by atoms with Gasteiger partial charge < -0.3 is 15.2 Å². The van der Waals surface area contributed by atoms with Gasteiger partial charge >= 0.3 is 5.97 Å². The van der Waals surface area contributed by atoms with Crippen molar-refractivity contribution in [3.8, 4) is 10.4 Å². The molecule has 1 fully saturated rings. The number of amides is 1. The number of benzene rings is 1. The second-order valence-electron chi connectivity index (χ2n) is 6.18. The van der Waals surface area contributed by atoms with Gasteiger partial charge in [0.05, 0.1) is 0 Å². The molecule has 1 unspecified atom stereocenters. The van der Waals surface area contributed by atoms with Crippen molar-refractivity contribution >= 4 is 34.5 Å². The van der Waals surface area contributed by atoms with E-state index in [1.807, 2.05) is 37.3 Å². The second kappa shape index (κ2) is 7.85. The summed E-state index contributed by atoms with van der Waals surface area (Å²) < 4.78 is 5.38. The molecule has 1 aromatic heterocycles. The van der Waals surface area contributed by atoms with Crippen LogP contribution in [0.4, 0.5) is 5.69 Å². The molecule has 2 heterocycles. The molecular formula is C20H21NO4S. The first-order valence-corrected chi connectivity index (χ1v) is 9.39. The molecule has 2 N–H and O–H groups in total. The quantitative estimate of drug-likeness (QED) is 0.775. The Hall–Kier alpha value is -2.44. The number of nitrogens with one attached hydrogen (secondary N) is 1. The highest BCUT2D eigenvalue weighted by Gasteiger charge is 2.23. The van der Waals surface area contributed by atoms with Crippen LogP contribution in [0.1, 0.15) is 41.4 Å². The van der Waals surface area contributed by atoms with Crippen molar-refractivity contribution in [2.45, 2.75) is 32.3 Å². The zero-order chi connectivity index (χ0) is 18.7. The Labute approximate surface area is 156 Å². The van der Waals surface area contributed by atoms with E-state index >= 15 is 0 Å². The molecule has 26 heavy (non-hydrogen) atoms. The molecule has 3 rings (SSSR count). The fraction of sp³-hybridized carbons (Fsp3) is 0.300. The maximum Gasteiger partial charge on any atom is 0.346 e. The summed E-state index contributed by atoms with van der Waals surface area (Å²) >= 11 is 1.24. The molecule has 0 saturated carbocycles. The third kappa shape index (κ3) is 3.86. The zero-order valence-corrected chi connectivity index (χ0v) is 15.4. The summed E-state index contributed by atoms with van der Waals surface area (Å²) in [5.74, 6) is -1.06. The van der Waals surface area contributed by atoms with Crippen LogP contribution >= 0.6 is 11.3 Å². The molecule has 0 aliphatic carbocycles. The molecule has 136 valence electrons. The summed E-state index contributed by atoms with van der Waals surface area (Å²) in [7, 11) is 0. The minimum Gasteiger partial charge on any atom is -0.477 e. The fourth-order valence-electron chi connectivity index (χ4n) is 2.87. The number of aromatic carboxylic acids is 1. The third-order valence-electron chi connectivity index (χ3n) is 4.39. The van der Waals surface area contributed by atoms with Gasteiger partial charge in [0, 0.05) is 22.7 Å². The highest BCUT2D eigenvalue weighted by Crippen LogP contribution is 2.36. The van der Waals surface area contributed by atoms with Crippen LogP contribution in [0.3, 0.4) is 0 Å². The summed E-state index contributed by atoms with van der Waals surface area (Å²) in [6.07, 6.45) is 1.99. The summed E-state index contributed by atoms with van der Waals surface area (Å²) in [4.78, 5) is 24.8. The molecule has 1 aliphatic heterocycles. The van der Waals surface area contributed by atoms with Gasteiger partial charge in [-0.1, -0.05) is 25.6 Å². The van der Waals surface area contributed by atoms with Gasteiger partial charge in [-0.3, -0.25) is 4.79 Å². The van der Waals surface area contributed by atoms with Crippen molar-refractivity contribution in [3.05, 3.63) is 47.4 Å². The van der Waals surface area contributed by atoms with E-state index in [1.165, 1.54) is 11.3 Å². The third-order valence-corrected chi connectivity index (χ3v) is 5.57. The van der Waals surface area contributed by atoms with Crippen LogP contribution in [0, 0.1) is 0 Å². The van der Waals surface area contributed by atoms with Gasteiger partial charge in [0.25, 0.3) is 5.91 Å². The summed E-state index contributed by atoms with van der Waals surface area (Å²) in [5.41, 5.74) is 3.10. The van der Waals surface area contributed by atoms with Crippen LogP contribution in [0.15, 0.2) is 36.9 Å². The van der Waals surface area contributed by atoms with E-state index in [0.717, 1.165) is 28.9 Å². The molecule has 2 aromatic rings. The minimum absolute atomic E-state index is 0.124. The predicted molar refractivity (Wildman–Crippen MR) is 104 cm³/mol. The standard InChI is InChI=1S/C20H21NO4S/c1-3-12(2)15-11-17(26-18(15)20(23)24)13-6-8-14(9-7-13)21-19(22)16-5-4-10-25-16/h6-9,11,16H,2-5,10H2,1H3,(H,21,22)(H,23,24). The lowest BCUT2D eigenvalue weighted by molar-refractivity contribution is -0.124. The first kappa shape index (κ1) is 18.4. The molecule has 0 spiro atoms. The molecule has 0 radical (unpaired) electrons. The largest absolute Gasteiger partial charge is 0.477 e. The number of hydrogen-bond acceptors (Lipinski definition) is 4. The number of ether oxygens (including phenoxy) is 1. The average molecular weight is 371 g/mol. The van der Waals surface area contributed by atoms with Crippen LogP contribution < -0.4 is 5.32 Å². The first-order valence-electron chi connectivity index (χ1n) is 8.57. The maximum atomic E-state index is 12.1. The topological polar surface area (TPSA) is 75.6 Å². The lowest BCUT2D eigenvalue weighted by Gasteiger charge is -2.10. The van der Waals surface area contributed by atoms with E-state index in [1.54, 1.807) is 0 Å². The number of hydrogen-bond donors (Lipinski definition) is 2. The number of allylic oxidation sites excluding steroid dienone is 1. The van der Waals surface area contributed by atoms with E-state index in [9.17, 15) is 14.7 Å². The van der Waals surface area contributed by atoms with E-state index < -0.39 is 5.97 Å². The molecule has 1 aliphatic rings. The number of thiophene rings is 1. The van der Waals surface area contributed by atoms with E-state index in [2.05, 4.69) is 11.9 Å². The van der Waals surface area contributed by atoms with Crippen molar-refractivity contribution in [1.82, 2.24) is 0 Å². The van der Waals surface area contributed by atoms with E-state index in [-0.39, 0.29) is 12.0 Å². The smallest absolute Gasteiger partial charge is 0.346 e. The number of carboxylic acid groups (broad SMARTS) is 1. The lowest BCUT2D eigenvalue weighted by atomic mass is 10.0. The second-order valence-corrected chi connectivity index (χ2v) is 7.24. The molecule has 1 aromatic carbocycles. The Balaban J connectivity index is 1.79. The number of carbonyl (C=O) groups excluding carboxylic acids is 1. The SMILES string of the molecule is C=C(CC)c1cc(-c2ccc(NC(=O)C3CCCO3)cc2)sc1C(=O)O. The molecule has 6 heteroatoms. The normalized spacial score (nSPS) is 16.4. The van der Waals surface area contributed by atoms with Crippen LogP contribution in [0.25, 0.3) is 16.0 Å². The average Bonchev–Trinajstić information content (AvgIpc) is 3.31. The van der Waals surface area contributed by atoms with Crippen LogP contribution in [-0.4, -0.2) is 29.7 Å². The molecule has 1 atom stereocenters. The van der Waals surface area contributed by atoms with Gasteiger partial charge in [-0.2, -0.15) is 0 Å². The van der Waals surface area contributed by atoms with Crippen LogP contribution in [-0.2, 0) is 9.53 Å². The zero-order valence-electron chi connectivity index (χ0n) is 14.6. The molecule has 5 nitrogen and oxygen atoms in total. The lowest BCUT2D eigenvalue weighted by Crippen LogP contribution is -2.26. The number of anilines is 1. The van der Waals surface area contributed by atoms with Crippen LogP contribution in [0.5, 0.6) is 0 Å². The van der Waals surface area contributed by atoms with Crippen molar-refractivity contribution in [2.75, 3.05) is 11.9 Å². The Kier molecular flexibility index (Phi) is 5.54.